The first-order valence-electron chi connectivity index (χ1n) is 19.4. The molecule has 290 valence electrons. The van der Waals surface area contributed by atoms with Gasteiger partial charge in [0.15, 0.2) is 5.65 Å². The largest absolute Gasteiger partial charge is 0.494 e. The summed E-state index contributed by atoms with van der Waals surface area (Å²) in [7, 11) is 0. The van der Waals surface area contributed by atoms with E-state index in [9.17, 15) is 14.4 Å². The van der Waals surface area contributed by atoms with Gasteiger partial charge in [-0.2, -0.15) is 5.10 Å². The molecule has 5 heterocycles. The van der Waals surface area contributed by atoms with Crippen molar-refractivity contribution in [2.75, 3.05) is 45.2 Å². The number of nitrogen functional groups attached to an aromatic ring is 1. The van der Waals surface area contributed by atoms with Crippen LogP contribution < -0.4 is 20.5 Å². The van der Waals surface area contributed by atoms with Crippen molar-refractivity contribution in [2.45, 2.75) is 63.6 Å². The summed E-state index contributed by atoms with van der Waals surface area (Å²) in [5.41, 5.74) is 10.3. The third-order valence-corrected chi connectivity index (χ3v) is 10.8. The Morgan fingerprint density at radius 2 is 1.59 bits per heavy atom. The SMILES string of the molecule is Nc1ncnc2c1c(-c1ccc(Oc3ccccc3)cc1)nn2C1CCN(CCOCCCCCOc2ccc3c(c2)CN(C2CCC(=O)NC2=O)C3=O)CC1. The molecule has 5 aromatic rings. The molecule has 2 fully saturated rings. The molecule has 1 unspecified atom stereocenters. The number of para-hydroxylation sites is 1. The lowest BCUT2D eigenvalue weighted by Crippen LogP contribution is -2.52. The summed E-state index contributed by atoms with van der Waals surface area (Å²) in [6.45, 7) is 5.07. The molecule has 3 aromatic carbocycles. The Labute approximate surface area is 324 Å². The van der Waals surface area contributed by atoms with Crippen LogP contribution in [0.3, 0.4) is 0 Å². The molecule has 0 spiro atoms. The molecule has 14 nitrogen and oxygen atoms in total. The van der Waals surface area contributed by atoms with Gasteiger partial charge in [0.05, 0.1) is 24.6 Å². The van der Waals surface area contributed by atoms with Crippen molar-refractivity contribution in [3.05, 3.63) is 90.3 Å². The van der Waals surface area contributed by atoms with Gasteiger partial charge in [-0.15, -0.1) is 0 Å². The van der Waals surface area contributed by atoms with Crippen LogP contribution in [0.2, 0.25) is 0 Å². The monoisotopic (exact) mass is 758 g/mol. The van der Waals surface area contributed by atoms with Gasteiger partial charge >= 0.3 is 0 Å². The molecule has 3 N–H and O–H groups in total. The predicted molar refractivity (Wildman–Crippen MR) is 209 cm³/mol. The molecule has 2 aromatic heterocycles. The molecule has 3 aliphatic heterocycles. The van der Waals surface area contributed by atoms with E-state index in [2.05, 4.69) is 20.2 Å². The van der Waals surface area contributed by atoms with Gasteiger partial charge in [-0.3, -0.25) is 19.7 Å². The number of aromatic nitrogens is 4. The predicted octanol–water partition coefficient (Wildman–Crippen LogP) is 5.53. The van der Waals surface area contributed by atoms with Gasteiger partial charge in [0.25, 0.3) is 5.91 Å². The smallest absolute Gasteiger partial charge is 0.255 e. The first kappa shape index (κ1) is 37.1. The molecule has 0 radical (unpaired) electrons. The fourth-order valence-corrected chi connectivity index (χ4v) is 7.75. The molecule has 8 rings (SSSR count). The third kappa shape index (κ3) is 8.21. The Bertz CT molecular complexity index is 2190. The second-order valence-electron chi connectivity index (χ2n) is 14.5. The van der Waals surface area contributed by atoms with E-state index in [0.717, 1.165) is 91.1 Å². The van der Waals surface area contributed by atoms with Gasteiger partial charge in [0.1, 0.15) is 41.1 Å². The number of carbonyl (C=O) groups excluding carboxylic acids is 3. The van der Waals surface area contributed by atoms with Crippen LogP contribution in [0.25, 0.3) is 22.3 Å². The van der Waals surface area contributed by atoms with E-state index < -0.39 is 11.9 Å². The Morgan fingerprint density at radius 3 is 2.39 bits per heavy atom. The van der Waals surface area contributed by atoms with E-state index in [-0.39, 0.29) is 24.3 Å². The highest BCUT2D eigenvalue weighted by molar-refractivity contribution is 6.05. The number of piperidine rings is 2. The van der Waals surface area contributed by atoms with E-state index in [0.29, 0.717) is 49.9 Å². The molecule has 0 aliphatic carbocycles. The van der Waals surface area contributed by atoms with Crippen LogP contribution >= 0.6 is 0 Å². The number of likely N-dealkylation sites (tertiary alicyclic amines) is 1. The van der Waals surface area contributed by atoms with Crippen LogP contribution in [-0.2, 0) is 20.9 Å². The van der Waals surface area contributed by atoms with Crippen LogP contribution in [0, 0.1) is 0 Å². The standard InChI is InChI=1S/C42H46N8O6/c43-39-37-38(28-9-11-32(12-10-28)56-31-7-3-1-4-8-31)47-50(40(37)45-27-44-39)30-17-19-48(20-18-30)21-24-54-22-5-2-6-23-55-33-13-14-34-29(25-33)26-49(42(34)53)35-15-16-36(51)46-41(35)52/h1,3-4,7-14,25,27,30,35H,2,5-6,15-24,26H2,(H2,43,44,45)(H,46,51,52). The van der Waals surface area contributed by atoms with E-state index >= 15 is 0 Å². The molecule has 2 saturated heterocycles. The van der Waals surface area contributed by atoms with E-state index in [1.807, 2.05) is 65.3 Å². The summed E-state index contributed by atoms with van der Waals surface area (Å²) < 4.78 is 20.0. The number of carbonyl (C=O) groups is 3. The summed E-state index contributed by atoms with van der Waals surface area (Å²) in [4.78, 5) is 49.7. The van der Waals surface area contributed by atoms with Crippen LogP contribution in [-0.4, -0.2) is 92.8 Å². The topological polar surface area (TPSA) is 167 Å². The van der Waals surface area contributed by atoms with Crippen LogP contribution in [0.4, 0.5) is 5.82 Å². The number of unbranched alkanes of at least 4 members (excludes halogenated alkanes) is 2. The quantitative estimate of drug-likeness (QED) is 0.102. The maximum atomic E-state index is 12.9. The first-order valence-corrected chi connectivity index (χ1v) is 19.4. The first-order chi connectivity index (χ1) is 27.4. The molecule has 56 heavy (non-hydrogen) atoms. The van der Waals surface area contributed by atoms with Gasteiger partial charge in [0, 0.05) is 50.3 Å². The number of ether oxygens (including phenoxy) is 3. The summed E-state index contributed by atoms with van der Waals surface area (Å²) in [6.07, 6.45) is 6.81. The Hall–Kier alpha value is -5.86. The maximum Gasteiger partial charge on any atom is 0.255 e. The molecule has 3 amide bonds. The molecular formula is C42H46N8O6. The number of hydrogen-bond donors (Lipinski definition) is 2. The second kappa shape index (κ2) is 16.9. The van der Waals surface area contributed by atoms with E-state index in [1.54, 1.807) is 17.0 Å². The van der Waals surface area contributed by atoms with Crippen molar-refractivity contribution in [2.24, 2.45) is 0 Å². The highest BCUT2D eigenvalue weighted by Crippen LogP contribution is 2.35. The minimum atomic E-state index is -0.622. The van der Waals surface area contributed by atoms with Gasteiger partial charge in [-0.1, -0.05) is 18.2 Å². The number of nitrogens with two attached hydrogens (primary N) is 1. The zero-order valence-electron chi connectivity index (χ0n) is 31.3. The number of hydrogen-bond acceptors (Lipinski definition) is 11. The normalized spacial score (nSPS) is 17.7. The van der Waals surface area contributed by atoms with Crippen LogP contribution in [0.15, 0.2) is 79.1 Å². The van der Waals surface area contributed by atoms with E-state index in [1.165, 1.54) is 6.33 Å². The van der Waals surface area contributed by atoms with Crippen molar-refractivity contribution in [1.82, 2.24) is 34.9 Å². The zero-order chi connectivity index (χ0) is 38.4. The fourth-order valence-electron chi connectivity index (χ4n) is 7.75. The fraction of sp³-hybridized carbons (Fsp3) is 0.381. The lowest BCUT2D eigenvalue weighted by Gasteiger charge is -2.32. The Kier molecular flexibility index (Phi) is 11.2. The number of nitrogens with one attached hydrogen (secondary N) is 1. The third-order valence-electron chi connectivity index (χ3n) is 10.8. The molecule has 0 saturated carbocycles. The highest BCUT2D eigenvalue weighted by atomic mass is 16.5. The van der Waals surface area contributed by atoms with Crippen molar-refractivity contribution >= 4 is 34.6 Å². The molecule has 14 heteroatoms. The second-order valence-corrected chi connectivity index (χ2v) is 14.5. The van der Waals surface area contributed by atoms with Crippen LogP contribution in [0.5, 0.6) is 17.2 Å². The number of benzene rings is 3. The van der Waals surface area contributed by atoms with Crippen molar-refractivity contribution < 1.29 is 28.6 Å². The minimum Gasteiger partial charge on any atom is -0.494 e. The number of anilines is 1. The highest BCUT2D eigenvalue weighted by Gasteiger charge is 2.39. The maximum absolute atomic E-state index is 12.9. The van der Waals surface area contributed by atoms with Gasteiger partial charge < -0.3 is 29.7 Å². The minimum absolute atomic E-state index is 0.182. The van der Waals surface area contributed by atoms with Crippen molar-refractivity contribution in [1.29, 1.82) is 0 Å². The summed E-state index contributed by atoms with van der Waals surface area (Å²) in [5, 5.41) is 8.17. The summed E-state index contributed by atoms with van der Waals surface area (Å²) in [6, 6.07) is 22.6. The average Bonchev–Trinajstić information content (AvgIpc) is 3.76. The number of imide groups is 1. The number of fused-ring (bicyclic) bond motifs is 2. The number of amides is 3. The van der Waals surface area contributed by atoms with Gasteiger partial charge in [-0.05, 0) is 98.7 Å². The zero-order valence-corrected chi connectivity index (χ0v) is 31.3. The molecule has 0 bridgehead atoms. The van der Waals surface area contributed by atoms with Crippen LogP contribution in [0.1, 0.15) is 66.9 Å². The Morgan fingerprint density at radius 1 is 0.821 bits per heavy atom. The van der Waals surface area contributed by atoms with Crippen molar-refractivity contribution in [3.8, 4) is 28.5 Å². The van der Waals surface area contributed by atoms with E-state index in [4.69, 9.17) is 25.0 Å². The lowest BCUT2D eigenvalue weighted by molar-refractivity contribution is -0.136. The van der Waals surface area contributed by atoms with Gasteiger partial charge in [0.2, 0.25) is 11.8 Å². The number of rotatable bonds is 15. The average molecular weight is 759 g/mol. The summed E-state index contributed by atoms with van der Waals surface area (Å²) in [5.74, 6) is 1.77. The number of nitrogens with zero attached hydrogens (tertiary/aromatic N) is 6. The lowest BCUT2D eigenvalue weighted by atomic mass is 10.0. The molecule has 1 atom stereocenters. The Balaban J connectivity index is 0.739. The molecular weight excluding hydrogens is 713 g/mol. The van der Waals surface area contributed by atoms with Crippen molar-refractivity contribution in [3.63, 3.8) is 0 Å². The summed E-state index contributed by atoms with van der Waals surface area (Å²) >= 11 is 0. The van der Waals surface area contributed by atoms with Gasteiger partial charge in [-0.25, -0.2) is 14.6 Å². The molecule has 3 aliphatic rings.